The summed E-state index contributed by atoms with van der Waals surface area (Å²) in [7, 11) is 0. The lowest BCUT2D eigenvalue weighted by Crippen LogP contribution is -3.12. The number of benzene rings is 2. The second kappa shape index (κ2) is 10.1. The largest absolute Gasteiger partial charge is 0.451 e. The van der Waals surface area contributed by atoms with Gasteiger partial charge in [0.25, 0.3) is 5.91 Å². The molecule has 31 heavy (non-hydrogen) atoms. The first-order valence-electron chi connectivity index (χ1n) is 10.1. The van der Waals surface area contributed by atoms with Gasteiger partial charge >= 0.3 is 0 Å². The Kier molecular flexibility index (Phi) is 6.99. The van der Waals surface area contributed by atoms with Crippen molar-refractivity contribution in [1.29, 1.82) is 0 Å². The second-order valence-corrected chi connectivity index (χ2v) is 8.16. The van der Waals surface area contributed by atoms with Crippen molar-refractivity contribution in [3.05, 3.63) is 77.0 Å². The van der Waals surface area contributed by atoms with Gasteiger partial charge in [-0.15, -0.1) is 0 Å². The molecule has 0 atom stereocenters. The molecule has 0 aliphatic carbocycles. The summed E-state index contributed by atoms with van der Waals surface area (Å²) in [5.41, 5.74) is 2.86. The maximum Gasteiger partial charge on any atom is 0.293 e. The van der Waals surface area contributed by atoms with Crippen LogP contribution in [0.2, 0.25) is 5.02 Å². The van der Waals surface area contributed by atoms with Crippen LogP contribution in [0.4, 0.5) is 5.69 Å². The number of carbonyl (C=O) groups is 1. The van der Waals surface area contributed by atoms with E-state index >= 15 is 0 Å². The monoisotopic (exact) mass is 456 g/mol. The number of furan rings is 1. The molecule has 2 aromatic carbocycles. The van der Waals surface area contributed by atoms with Crippen molar-refractivity contribution in [3.8, 4) is 11.3 Å². The van der Waals surface area contributed by atoms with Gasteiger partial charge in [-0.3, -0.25) is 10.1 Å². The molecule has 1 aromatic heterocycles. The van der Waals surface area contributed by atoms with Gasteiger partial charge in [-0.2, -0.15) is 0 Å². The normalized spacial score (nSPS) is 14.2. The molecule has 0 radical (unpaired) electrons. The van der Waals surface area contributed by atoms with Gasteiger partial charge in [0.05, 0.1) is 13.2 Å². The Bertz CT molecular complexity index is 1060. The maximum atomic E-state index is 12.5. The van der Waals surface area contributed by atoms with E-state index in [4.69, 9.17) is 33.0 Å². The molecule has 0 unspecified atom stereocenters. The molecule has 8 heteroatoms. The van der Waals surface area contributed by atoms with E-state index < -0.39 is 5.91 Å². The number of hydrogen-bond donors (Lipinski definition) is 3. The van der Waals surface area contributed by atoms with E-state index in [1.54, 1.807) is 24.3 Å². The van der Waals surface area contributed by atoms with Gasteiger partial charge in [-0.05, 0) is 48.6 Å². The fourth-order valence-corrected chi connectivity index (χ4v) is 3.82. The predicted octanol–water partition coefficient (Wildman–Crippen LogP) is 3.14. The number of rotatable bonds is 5. The molecule has 0 spiro atoms. The van der Waals surface area contributed by atoms with Crippen LogP contribution in [0.1, 0.15) is 16.1 Å². The number of nitrogens with one attached hydrogen (secondary N) is 3. The first-order valence-corrected chi connectivity index (χ1v) is 10.8. The summed E-state index contributed by atoms with van der Waals surface area (Å²) in [5, 5.41) is 6.48. The van der Waals surface area contributed by atoms with E-state index in [1.165, 1.54) is 10.5 Å². The van der Waals surface area contributed by atoms with Gasteiger partial charge in [-0.25, -0.2) is 0 Å². The minimum absolute atomic E-state index is 0.169. The fourth-order valence-electron chi connectivity index (χ4n) is 3.42. The molecule has 1 aliphatic rings. The molecule has 1 aliphatic heterocycles. The molecule has 1 fully saturated rings. The molecule has 2 heterocycles. The molecule has 0 bridgehead atoms. The maximum absolute atomic E-state index is 12.5. The minimum Gasteiger partial charge on any atom is -0.451 e. The van der Waals surface area contributed by atoms with E-state index in [0.29, 0.717) is 10.8 Å². The summed E-state index contributed by atoms with van der Waals surface area (Å²) in [6.45, 7) is 4.67. The highest BCUT2D eigenvalue weighted by Crippen LogP contribution is 2.24. The average molecular weight is 457 g/mol. The number of carbonyl (C=O) groups excluding carboxylic acids is 1. The van der Waals surface area contributed by atoms with Crippen LogP contribution in [-0.2, 0) is 11.3 Å². The number of amides is 1. The summed E-state index contributed by atoms with van der Waals surface area (Å²) in [4.78, 5) is 14.0. The van der Waals surface area contributed by atoms with Crippen LogP contribution >= 0.6 is 23.8 Å². The lowest BCUT2D eigenvalue weighted by atomic mass is 10.2. The molecule has 1 saturated heterocycles. The van der Waals surface area contributed by atoms with E-state index in [1.807, 2.05) is 24.3 Å². The summed E-state index contributed by atoms with van der Waals surface area (Å²) in [6, 6.07) is 18.6. The Hall–Kier alpha value is -2.71. The number of quaternary nitrogens is 1. The lowest BCUT2D eigenvalue weighted by molar-refractivity contribution is -0.921. The van der Waals surface area contributed by atoms with Crippen molar-refractivity contribution in [2.24, 2.45) is 0 Å². The van der Waals surface area contributed by atoms with Crippen LogP contribution in [0, 0.1) is 0 Å². The average Bonchev–Trinajstić information content (AvgIpc) is 3.26. The topological polar surface area (TPSA) is 67.9 Å². The molecule has 3 aromatic rings. The van der Waals surface area contributed by atoms with Crippen molar-refractivity contribution < 1.29 is 18.8 Å². The molecule has 6 nitrogen and oxygen atoms in total. The number of halogens is 1. The summed E-state index contributed by atoms with van der Waals surface area (Å²) >= 11 is 11.3. The van der Waals surface area contributed by atoms with Crippen molar-refractivity contribution in [3.63, 3.8) is 0 Å². The SMILES string of the molecule is O=C(NC(=S)Nc1ccc(C[NH+]2CCOCC2)cc1)c1ccc(-c2cccc(Cl)c2)o1. The number of morpholine rings is 1. The van der Waals surface area contributed by atoms with Crippen LogP contribution in [0.25, 0.3) is 11.3 Å². The fraction of sp³-hybridized carbons (Fsp3) is 0.217. The van der Waals surface area contributed by atoms with Gasteiger partial charge in [0.15, 0.2) is 10.9 Å². The van der Waals surface area contributed by atoms with Crippen molar-refractivity contribution in [2.45, 2.75) is 6.54 Å². The third-order valence-corrected chi connectivity index (χ3v) is 5.47. The summed E-state index contributed by atoms with van der Waals surface area (Å²) in [6.07, 6.45) is 0. The van der Waals surface area contributed by atoms with Gasteiger partial charge in [-0.1, -0.05) is 35.9 Å². The van der Waals surface area contributed by atoms with E-state index in [-0.39, 0.29) is 10.9 Å². The Morgan fingerprint density at radius 1 is 1.06 bits per heavy atom. The highest BCUT2D eigenvalue weighted by Gasteiger charge is 2.15. The lowest BCUT2D eigenvalue weighted by Gasteiger charge is -2.23. The van der Waals surface area contributed by atoms with Gasteiger partial charge in [0, 0.05) is 21.8 Å². The predicted molar refractivity (Wildman–Crippen MR) is 125 cm³/mol. The van der Waals surface area contributed by atoms with E-state index in [9.17, 15) is 4.79 Å². The van der Waals surface area contributed by atoms with Crippen molar-refractivity contribution >= 4 is 40.5 Å². The Morgan fingerprint density at radius 2 is 1.84 bits per heavy atom. The molecule has 4 rings (SSSR count). The third kappa shape index (κ3) is 5.92. The van der Waals surface area contributed by atoms with Crippen LogP contribution in [-0.4, -0.2) is 37.3 Å². The first kappa shape index (κ1) is 21.5. The van der Waals surface area contributed by atoms with Crippen molar-refractivity contribution in [1.82, 2.24) is 5.32 Å². The quantitative estimate of drug-likeness (QED) is 0.515. The van der Waals surface area contributed by atoms with Crippen LogP contribution in [0.5, 0.6) is 0 Å². The molecule has 0 saturated carbocycles. The number of ether oxygens (including phenoxy) is 1. The summed E-state index contributed by atoms with van der Waals surface area (Å²) < 4.78 is 11.1. The Balaban J connectivity index is 1.31. The third-order valence-electron chi connectivity index (χ3n) is 5.03. The van der Waals surface area contributed by atoms with E-state index in [0.717, 1.165) is 44.1 Å². The smallest absolute Gasteiger partial charge is 0.293 e. The number of thiocarbonyl (C=S) groups is 1. The minimum atomic E-state index is -0.418. The van der Waals surface area contributed by atoms with Gasteiger partial charge < -0.3 is 19.4 Å². The first-order chi connectivity index (χ1) is 15.1. The van der Waals surface area contributed by atoms with Gasteiger partial charge in [0.2, 0.25) is 0 Å². The standard InChI is InChI=1S/C23H22ClN3O3S/c24-18-3-1-2-17(14-18)20-8-9-21(30-20)22(28)26-23(31)25-19-6-4-16(5-7-19)15-27-10-12-29-13-11-27/h1-9,14H,10-13,15H2,(H2,25,26,28,31)/p+1. The number of anilines is 1. The zero-order valence-corrected chi connectivity index (χ0v) is 18.4. The van der Waals surface area contributed by atoms with E-state index in [2.05, 4.69) is 22.8 Å². The second-order valence-electron chi connectivity index (χ2n) is 7.32. The highest BCUT2D eigenvalue weighted by atomic mass is 35.5. The zero-order valence-electron chi connectivity index (χ0n) is 16.8. The van der Waals surface area contributed by atoms with Gasteiger partial charge in [0.1, 0.15) is 25.4 Å². The Morgan fingerprint density at radius 3 is 2.58 bits per heavy atom. The molecule has 1 amide bonds. The highest BCUT2D eigenvalue weighted by molar-refractivity contribution is 7.80. The molecular weight excluding hydrogens is 434 g/mol. The molecule has 160 valence electrons. The van der Waals surface area contributed by atoms with Crippen molar-refractivity contribution in [2.75, 3.05) is 31.6 Å². The Labute approximate surface area is 191 Å². The molecular formula is C23H23ClN3O3S+. The number of hydrogen-bond acceptors (Lipinski definition) is 4. The van der Waals surface area contributed by atoms with Crippen LogP contribution in [0.3, 0.4) is 0 Å². The summed E-state index contributed by atoms with van der Waals surface area (Å²) in [5.74, 6) is 0.311. The van der Waals surface area contributed by atoms with Crippen LogP contribution < -0.4 is 15.5 Å². The van der Waals surface area contributed by atoms with Crippen LogP contribution in [0.15, 0.2) is 65.1 Å². The zero-order chi connectivity index (χ0) is 21.6. The molecule has 3 N–H and O–H groups in total.